The first-order valence-corrected chi connectivity index (χ1v) is 5.54. The lowest BCUT2D eigenvalue weighted by Gasteiger charge is -2.15. The Morgan fingerprint density at radius 1 is 1.44 bits per heavy atom. The van der Waals surface area contributed by atoms with Gasteiger partial charge >= 0.3 is 0 Å². The number of aliphatic hydroxyl groups is 1. The summed E-state index contributed by atoms with van der Waals surface area (Å²) in [5.74, 6) is 0.163. The average Bonchev–Trinajstić information content (AvgIpc) is 2.16. The maximum absolute atomic E-state index is 13.6. The molecule has 0 bridgehead atoms. The van der Waals surface area contributed by atoms with Gasteiger partial charge < -0.3 is 9.84 Å². The molecule has 0 aliphatic carbocycles. The summed E-state index contributed by atoms with van der Waals surface area (Å²) in [7, 11) is 1.46. The molecule has 1 unspecified atom stereocenters. The van der Waals surface area contributed by atoms with E-state index in [4.69, 9.17) is 16.3 Å². The Morgan fingerprint density at radius 3 is 2.56 bits per heavy atom. The minimum atomic E-state index is -0.828. The molecule has 0 aliphatic heterocycles. The van der Waals surface area contributed by atoms with Gasteiger partial charge in [0, 0.05) is 5.56 Å². The summed E-state index contributed by atoms with van der Waals surface area (Å²) in [6, 6.07) is 2.62. The number of halogens is 2. The van der Waals surface area contributed by atoms with E-state index in [2.05, 4.69) is 0 Å². The van der Waals surface area contributed by atoms with Gasteiger partial charge in [-0.1, -0.05) is 25.4 Å². The topological polar surface area (TPSA) is 29.5 Å². The summed E-state index contributed by atoms with van der Waals surface area (Å²) in [6.07, 6.45) is -0.326. The minimum absolute atomic E-state index is 0.209. The average molecular weight is 247 g/mol. The normalized spacial score (nSPS) is 12.9. The fourth-order valence-corrected chi connectivity index (χ4v) is 1.76. The summed E-state index contributed by atoms with van der Waals surface area (Å²) in [4.78, 5) is 0. The zero-order valence-corrected chi connectivity index (χ0v) is 10.4. The summed E-state index contributed by atoms with van der Waals surface area (Å²) in [5.41, 5.74) is 0.231. The van der Waals surface area contributed by atoms with Crippen LogP contribution in [0.25, 0.3) is 0 Å². The Bertz CT molecular complexity index is 366. The first-order chi connectivity index (χ1) is 7.45. The second kappa shape index (κ2) is 5.51. The van der Waals surface area contributed by atoms with Crippen molar-refractivity contribution in [3.63, 3.8) is 0 Å². The van der Waals surface area contributed by atoms with Gasteiger partial charge in [0.15, 0.2) is 0 Å². The maximum atomic E-state index is 13.6. The molecule has 0 spiro atoms. The van der Waals surface area contributed by atoms with Crippen LogP contribution in [0.1, 0.15) is 31.9 Å². The van der Waals surface area contributed by atoms with Crippen molar-refractivity contribution in [2.45, 2.75) is 26.4 Å². The largest absolute Gasteiger partial charge is 0.495 e. The van der Waals surface area contributed by atoms with Gasteiger partial charge in [0.2, 0.25) is 0 Å². The molecule has 0 amide bonds. The maximum Gasteiger partial charge on any atom is 0.138 e. The molecule has 4 heteroatoms. The standard InChI is InChI=1S/C12H16ClFO2/c1-7(2)4-11(15)8-5-12(16-3)9(13)6-10(8)14/h5-7,11,15H,4H2,1-3H3. The first kappa shape index (κ1) is 13.3. The highest BCUT2D eigenvalue weighted by Gasteiger charge is 2.17. The Hall–Kier alpha value is -0.800. The lowest BCUT2D eigenvalue weighted by molar-refractivity contribution is 0.146. The second-order valence-corrected chi connectivity index (χ2v) is 4.56. The van der Waals surface area contributed by atoms with Crippen molar-refractivity contribution in [3.05, 3.63) is 28.5 Å². The van der Waals surface area contributed by atoms with Gasteiger partial charge in [0.25, 0.3) is 0 Å². The molecule has 0 aliphatic rings. The molecular formula is C12H16ClFO2. The second-order valence-electron chi connectivity index (χ2n) is 4.15. The zero-order valence-electron chi connectivity index (χ0n) is 9.63. The third-order valence-corrected chi connectivity index (χ3v) is 2.62. The van der Waals surface area contributed by atoms with Crippen LogP contribution in [0.15, 0.2) is 12.1 Å². The summed E-state index contributed by atoms with van der Waals surface area (Å²) >= 11 is 5.77. The fourth-order valence-electron chi connectivity index (χ4n) is 1.53. The molecule has 1 N–H and O–H groups in total. The molecule has 2 nitrogen and oxygen atoms in total. The van der Waals surface area contributed by atoms with E-state index < -0.39 is 11.9 Å². The molecule has 0 radical (unpaired) electrons. The first-order valence-electron chi connectivity index (χ1n) is 5.16. The van der Waals surface area contributed by atoms with E-state index in [1.54, 1.807) is 0 Å². The van der Waals surface area contributed by atoms with E-state index in [1.165, 1.54) is 19.2 Å². The van der Waals surface area contributed by atoms with Crippen molar-refractivity contribution in [3.8, 4) is 5.75 Å². The lowest BCUT2D eigenvalue weighted by atomic mass is 9.99. The Balaban J connectivity index is 3.03. The molecule has 0 saturated carbocycles. The number of methoxy groups -OCH3 is 1. The lowest BCUT2D eigenvalue weighted by Crippen LogP contribution is -2.05. The van der Waals surface area contributed by atoms with Crippen LogP contribution in [-0.2, 0) is 0 Å². The van der Waals surface area contributed by atoms with Gasteiger partial charge in [-0.3, -0.25) is 0 Å². The van der Waals surface area contributed by atoms with Gasteiger partial charge in [-0.25, -0.2) is 4.39 Å². The van der Waals surface area contributed by atoms with Crippen LogP contribution in [0.2, 0.25) is 5.02 Å². The van der Waals surface area contributed by atoms with Gasteiger partial charge in [0.05, 0.1) is 18.2 Å². The van der Waals surface area contributed by atoms with Crippen molar-refractivity contribution in [1.29, 1.82) is 0 Å². The van der Waals surface area contributed by atoms with Gasteiger partial charge in [-0.2, -0.15) is 0 Å². The number of hydrogen-bond donors (Lipinski definition) is 1. The van der Waals surface area contributed by atoms with E-state index in [1.807, 2.05) is 13.8 Å². The van der Waals surface area contributed by atoms with E-state index in [9.17, 15) is 9.50 Å². The van der Waals surface area contributed by atoms with Crippen molar-refractivity contribution >= 4 is 11.6 Å². The van der Waals surface area contributed by atoms with E-state index in [0.717, 1.165) is 0 Å². The molecule has 1 aromatic rings. The van der Waals surface area contributed by atoms with Crippen LogP contribution in [0, 0.1) is 11.7 Å². The highest BCUT2D eigenvalue weighted by molar-refractivity contribution is 6.32. The highest BCUT2D eigenvalue weighted by Crippen LogP contribution is 2.32. The van der Waals surface area contributed by atoms with Gasteiger partial charge in [0.1, 0.15) is 11.6 Å². The molecule has 0 fully saturated rings. The molecule has 90 valence electrons. The Kier molecular flexibility index (Phi) is 4.56. The Labute approximate surface area is 100.0 Å². The van der Waals surface area contributed by atoms with Crippen LogP contribution in [0.5, 0.6) is 5.75 Å². The summed E-state index contributed by atoms with van der Waals surface area (Å²) in [5, 5.41) is 10.1. The molecule has 0 saturated heterocycles. The molecule has 1 aromatic carbocycles. The molecule has 0 heterocycles. The number of rotatable bonds is 4. The SMILES string of the molecule is COc1cc(C(O)CC(C)C)c(F)cc1Cl. The third-order valence-electron chi connectivity index (χ3n) is 2.32. The van der Waals surface area contributed by atoms with Crippen molar-refractivity contribution in [1.82, 2.24) is 0 Å². The van der Waals surface area contributed by atoms with Crippen LogP contribution in [0.3, 0.4) is 0 Å². The van der Waals surface area contributed by atoms with Gasteiger partial charge in [-0.05, 0) is 24.5 Å². The predicted octanol–water partition coefficient (Wildman–Crippen LogP) is 3.57. The predicted molar refractivity (Wildman–Crippen MR) is 62.4 cm³/mol. The van der Waals surface area contributed by atoms with Gasteiger partial charge in [-0.15, -0.1) is 0 Å². The number of benzene rings is 1. The third kappa shape index (κ3) is 3.09. The monoisotopic (exact) mass is 246 g/mol. The molecule has 1 rings (SSSR count). The minimum Gasteiger partial charge on any atom is -0.495 e. The van der Waals surface area contributed by atoms with Crippen molar-refractivity contribution < 1.29 is 14.2 Å². The Morgan fingerprint density at radius 2 is 2.06 bits per heavy atom. The highest BCUT2D eigenvalue weighted by atomic mass is 35.5. The molecule has 1 atom stereocenters. The van der Waals surface area contributed by atoms with E-state index in [-0.39, 0.29) is 16.5 Å². The number of hydrogen-bond acceptors (Lipinski definition) is 2. The molecule has 0 aromatic heterocycles. The van der Waals surface area contributed by atoms with Crippen molar-refractivity contribution in [2.75, 3.05) is 7.11 Å². The summed E-state index contributed by atoms with van der Waals surface area (Å²) in [6.45, 7) is 3.93. The zero-order chi connectivity index (χ0) is 12.3. The number of ether oxygens (including phenoxy) is 1. The van der Waals surface area contributed by atoms with E-state index >= 15 is 0 Å². The van der Waals surface area contributed by atoms with Crippen LogP contribution in [-0.4, -0.2) is 12.2 Å². The van der Waals surface area contributed by atoms with E-state index in [0.29, 0.717) is 12.2 Å². The molecule has 16 heavy (non-hydrogen) atoms. The number of aliphatic hydroxyl groups excluding tert-OH is 1. The van der Waals surface area contributed by atoms with Crippen LogP contribution >= 0.6 is 11.6 Å². The smallest absolute Gasteiger partial charge is 0.138 e. The quantitative estimate of drug-likeness (QED) is 0.880. The van der Waals surface area contributed by atoms with Crippen LogP contribution in [0.4, 0.5) is 4.39 Å². The van der Waals surface area contributed by atoms with Crippen molar-refractivity contribution in [2.24, 2.45) is 5.92 Å². The molecular weight excluding hydrogens is 231 g/mol. The van der Waals surface area contributed by atoms with Crippen LogP contribution < -0.4 is 4.74 Å². The fraction of sp³-hybridized carbons (Fsp3) is 0.500. The summed E-state index contributed by atoms with van der Waals surface area (Å²) < 4.78 is 18.6.